The molecule has 0 spiro atoms. The normalized spacial score (nSPS) is 9.86. The van der Waals surface area contributed by atoms with Crippen molar-refractivity contribution >= 4 is 0 Å². The first kappa shape index (κ1) is 17.1. The zero-order valence-corrected chi connectivity index (χ0v) is 12.0. The maximum Gasteiger partial charge on any atom is 0.0739 e. The van der Waals surface area contributed by atoms with Gasteiger partial charge in [-0.25, -0.2) is 0 Å². The number of halogens is 1. The molecule has 0 rings (SSSR count). The quantitative estimate of drug-likeness (QED) is 0.439. The molecule has 14 heavy (non-hydrogen) atoms. The molecule has 0 saturated heterocycles. The zero-order valence-electron chi connectivity index (χ0n) is 9.86. The highest BCUT2D eigenvalue weighted by Gasteiger charge is 1.91. The van der Waals surface area contributed by atoms with E-state index in [4.69, 9.17) is 0 Å². The highest BCUT2D eigenvalue weighted by molar-refractivity contribution is 4.46. The van der Waals surface area contributed by atoms with Crippen molar-refractivity contribution in [2.75, 3.05) is 6.54 Å². The summed E-state index contributed by atoms with van der Waals surface area (Å²) in [5.41, 5.74) is 3.85. The zero-order chi connectivity index (χ0) is 9.78. The van der Waals surface area contributed by atoms with Gasteiger partial charge < -0.3 is 29.7 Å². The Bertz CT molecular complexity index is 76.4. The number of rotatable bonds is 10. The van der Waals surface area contributed by atoms with Crippen LogP contribution in [-0.4, -0.2) is 6.54 Å². The van der Waals surface area contributed by atoms with Gasteiger partial charge in [0.1, 0.15) is 0 Å². The van der Waals surface area contributed by atoms with E-state index in [0.29, 0.717) is 0 Å². The summed E-state index contributed by atoms with van der Waals surface area (Å²) in [6, 6.07) is 0. The van der Waals surface area contributed by atoms with Gasteiger partial charge in [-0.3, -0.25) is 0 Å². The Labute approximate surface area is 107 Å². The van der Waals surface area contributed by atoms with Crippen molar-refractivity contribution < 1.29 is 29.7 Å². The second-order valence-corrected chi connectivity index (χ2v) is 4.04. The second-order valence-electron chi connectivity index (χ2n) is 4.04. The van der Waals surface area contributed by atoms with Gasteiger partial charge in [0.05, 0.1) is 6.54 Å². The molecule has 0 unspecified atom stereocenters. The van der Waals surface area contributed by atoms with Gasteiger partial charge in [-0.15, -0.1) is 0 Å². The fourth-order valence-corrected chi connectivity index (χ4v) is 1.66. The molecule has 0 aliphatic rings. The van der Waals surface area contributed by atoms with Crippen molar-refractivity contribution in [2.45, 2.75) is 71.1 Å². The number of quaternary nitrogens is 1. The van der Waals surface area contributed by atoms with E-state index in [-0.39, 0.29) is 24.0 Å². The van der Waals surface area contributed by atoms with Crippen LogP contribution in [0, 0.1) is 0 Å². The molecule has 0 bridgehead atoms. The first-order valence-corrected chi connectivity index (χ1v) is 6.21. The van der Waals surface area contributed by atoms with Crippen LogP contribution in [0.25, 0.3) is 0 Å². The van der Waals surface area contributed by atoms with Crippen LogP contribution in [-0.2, 0) is 0 Å². The standard InChI is InChI=1S/C12H27N.HI/c1-2-3-4-5-6-7-8-9-10-11-12-13;/h2-13H2,1H3;1H. The Morgan fingerprint density at radius 3 is 1.36 bits per heavy atom. The molecule has 0 aromatic rings. The Morgan fingerprint density at radius 2 is 1.00 bits per heavy atom. The smallest absolute Gasteiger partial charge is 0.0739 e. The van der Waals surface area contributed by atoms with Crippen molar-refractivity contribution in [1.82, 2.24) is 0 Å². The SMILES string of the molecule is CCCCCCCCCCCC[NH3+].[I-]. The third-order valence-electron chi connectivity index (χ3n) is 2.60. The predicted molar refractivity (Wildman–Crippen MR) is 59.6 cm³/mol. The number of hydrogen-bond donors (Lipinski definition) is 1. The summed E-state index contributed by atoms with van der Waals surface area (Å²) in [6.45, 7) is 3.40. The summed E-state index contributed by atoms with van der Waals surface area (Å²) in [7, 11) is 0. The maximum atomic E-state index is 3.85. The van der Waals surface area contributed by atoms with Crippen LogP contribution in [0.4, 0.5) is 0 Å². The molecule has 1 nitrogen and oxygen atoms in total. The minimum Gasteiger partial charge on any atom is -1.00 e. The predicted octanol–water partition coefficient (Wildman–Crippen LogP) is 0.153. The molecule has 2 heteroatoms. The Hall–Kier alpha value is 0.690. The van der Waals surface area contributed by atoms with Crippen LogP contribution >= 0.6 is 0 Å². The van der Waals surface area contributed by atoms with Crippen molar-refractivity contribution in [3.63, 3.8) is 0 Å². The van der Waals surface area contributed by atoms with Crippen LogP contribution in [0.1, 0.15) is 71.1 Å². The maximum absolute atomic E-state index is 3.85. The highest BCUT2D eigenvalue weighted by Crippen LogP contribution is 2.09. The molecule has 0 saturated carbocycles. The van der Waals surface area contributed by atoms with Crippen molar-refractivity contribution in [3.8, 4) is 0 Å². The van der Waals surface area contributed by atoms with E-state index in [2.05, 4.69) is 12.7 Å². The first-order chi connectivity index (χ1) is 6.41. The van der Waals surface area contributed by atoms with Gasteiger partial charge in [-0.2, -0.15) is 0 Å². The molecule has 0 aromatic carbocycles. The molecule has 0 aliphatic carbocycles. The van der Waals surface area contributed by atoms with Gasteiger partial charge >= 0.3 is 0 Å². The second kappa shape index (κ2) is 16.1. The minimum atomic E-state index is 0. The molecule has 88 valence electrons. The third-order valence-corrected chi connectivity index (χ3v) is 2.60. The van der Waals surface area contributed by atoms with E-state index in [1.165, 1.54) is 64.2 Å². The molecule has 0 fully saturated rings. The van der Waals surface area contributed by atoms with Gasteiger partial charge in [0.2, 0.25) is 0 Å². The fraction of sp³-hybridized carbons (Fsp3) is 1.00. The van der Waals surface area contributed by atoms with Crippen LogP contribution in [0.5, 0.6) is 0 Å². The lowest BCUT2D eigenvalue weighted by atomic mass is 10.1. The van der Waals surface area contributed by atoms with Crippen LogP contribution in [0.2, 0.25) is 0 Å². The molecule has 0 aliphatic heterocycles. The van der Waals surface area contributed by atoms with Gasteiger partial charge in [-0.05, 0) is 12.8 Å². The lowest BCUT2D eigenvalue weighted by Crippen LogP contribution is -3.00. The lowest BCUT2D eigenvalue weighted by Gasteiger charge is -2.00. The van der Waals surface area contributed by atoms with Gasteiger partial charge in [0, 0.05) is 0 Å². The minimum absolute atomic E-state index is 0. The Morgan fingerprint density at radius 1 is 0.643 bits per heavy atom. The summed E-state index contributed by atoms with van der Waals surface area (Å²) in [6.07, 6.45) is 14.2. The van der Waals surface area contributed by atoms with E-state index in [9.17, 15) is 0 Å². The summed E-state index contributed by atoms with van der Waals surface area (Å²) >= 11 is 0. The van der Waals surface area contributed by atoms with E-state index >= 15 is 0 Å². The number of hydrogen-bond acceptors (Lipinski definition) is 0. The van der Waals surface area contributed by atoms with E-state index < -0.39 is 0 Å². The molecule has 0 heterocycles. The fourth-order valence-electron chi connectivity index (χ4n) is 1.66. The summed E-state index contributed by atoms with van der Waals surface area (Å²) in [4.78, 5) is 0. The molecule has 0 amide bonds. The van der Waals surface area contributed by atoms with E-state index in [1.54, 1.807) is 0 Å². The summed E-state index contributed by atoms with van der Waals surface area (Å²) in [5.74, 6) is 0. The average molecular weight is 313 g/mol. The Kier molecular flexibility index (Phi) is 19.7. The van der Waals surface area contributed by atoms with Crippen LogP contribution in [0.3, 0.4) is 0 Å². The molecule has 0 atom stereocenters. The number of unbranched alkanes of at least 4 members (excludes halogenated alkanes) is 9. The highest BCUT2D eigenvalue weighted by atomic mass is 127. The average Bonchev–Trinajstić information content (AvgIpc) is 2.16. The summed E-state index contributed by atoms with van der Waals surface area (Å²) < 4.78 is 0. The van der Waals surface area contributed by atoms with Gasteiger partial charge in [0.15, 0.2) is 0 Å². The van der Waals surface area contributed by atoms with Gasteiger partial charge in [-0.1, -0.05) is 58.3 Å². The summed E-state index contributed by atoms with van der Waals surface area (Å²) in [5, 5.41) is 0. The molecule has 0 aromatic heterocycles. The topological polar surface area (TPSA) is 27.6 Å². The molecule has 3 N–H and O–H groups in total. The van der Waals surface area contributed by atoms with Crippen LogP contribution in [0.15, 0.2) is 0 Å². The molecular weight excluding hydrogens is 285 g/mol. The first-order valence-electron chi connectivity index (χ1n) is 6.21. The monoisotopic (exact) mass is 313 g/mol. The lowest BCUT2D eigenvalue weighted by molar-refractivity contribution is -0.368. The largest absolute Gasteiger partial charge is 1.00 e. The third kappa shape index (κ3) is 15.2. The molecular formula is C12H28IN. The Balaban J connectivity index is 0. The van der Waals surface area contributed by atoms with Crippen molar-refractivity contribution in [3.05, 3.63) is 0 Å². The van der Waals surface area contributed by atoms with Crippen molar-refractivity contribution in [2.24, 2.45) is 0 Å². The van der Waals surface area contributed by atoms with Gasteiger partial charge in [0.25, 0.3) is 0 Å². The van der Waals surface area contributed by atoms with E-state index in [1.807, 2.05) is 0 Å². The van der Waals surface area contributed by atoms with E-state index in [0.717, 1.165) is 6.54 Å². The van der Waals surface area contributed by atoms with Crippen LogP contribution < -0.4 is 29.7 Å². The van der Waals surface area contributed by atoms with Crippen molar-refractivity contribution in [1.29, 1.82) is 0 Å². The molecule has 0 radical (unpaired) electrons.